The lowest BCUT2D eigenvalue weighted by atomic mass is 10.0. The van der Waals surface area contributed by atoms with Crippen molar-refractivity contribution >= 4 is 98.0 Å². The van der Waals surface area contributed by atoms with Crippen LogP contribution in [-0.4, -0.2) is 94.5 Å². The van der Waals surface area contributed by atoms with Gasteiger partial charge in [-0.15, -0.1) is 0 Å². The summed E-state index contributed by atoms with van der Waals surface area (Å²) in [4.78, 5) is 91.6. The van der Waals surface area contributed by atoms with Crippen LogP contribution in [0.4, 0.5) is 10.3 Å². The maximum absolute atomic E-state index is 13.9. The monoisotopic (exact) mass is 926 g/mol. The van der Waals surface area contributed by atoms with Gasteiger partial charge in [0.25, 0.3) is 11.8 Å². The van der Waals surface area contributed by atoms with E-state index >= 15 is 0 Å². The van der Waals surface area contributed by atoms with Crippen LogP contribution in [0, 0.1) is 39.5 Å². The Morgan fingerprint density at radius 3 is 2.03 bits per heavy atom. The van der Waals surface area contributed by atoms with E-state index in [2.05, 4.69) is 37.8 Å². The molecule has 0 atom stereocenters. The van der Waals surface area contributed by atoms with Crippen molar-refractivity contribution in [2.24, 2.45) is 11.8 Å². The lowest BCUT2D eigenvalue weighted by Gasteiger charge is -2.23. The van der Waals surface area contributed by atoms with Crippen molar-refractivity contribution in [3.63, 3.8) is 0 Å². The summed E-state index contributed by atoms with van der Waals surface area (Å²) in [5.74, 6) is -0.904. The highest BCUT2D eigenvalue weighted by molar-refractivity contribution is 8.01. The minimum absolute atomic E-state index is 0.00732. The Morgan fingerprint density at radius 1 is 0.746 bits per heavy atom. The van der Waals surface area contributed by atoms with Gasteiger partial charge >= 0.3 is 0 Å². The molecule has 0 unspecified atom stereocenters. The van der Waals surface area contributed by atoms with E-state index in [0.29, 0.717) is 59.7 Å². The third kappa shape index (κ3) is 12.0. The van der Waals surface area contributed by atoms with Gasteiger partial charge in [0, 0.05) is 78.1 Å². The van der Waals surface area contributed by atoms with Gasteiger partial charge in [-0.25, -0.2) is 9.97 Å². The van der Waals surface area contributed by atoms with Gasteiger partial charge in [0.05, 0.1) is 20.3 Å². The number of thiazole rings is 2. The number of rotatable bonds is 16. The smallest absolute Gasteiger partial charge is 0.254 e. The standard InChI is InChI=1S/C45H50N8O6S4/c1-6-37(55)52-16-7-17-53(19-18-52)42(59)32-23-35(28(5)21-26(32)3)61-43-33(49-45(63-43)51-40(57)30-10-11-30)12-13-36(54)46-14-15-47-41(58)31-22-34(27(4)20-25(31)2)60-38-24-48-44(62-38)50-39(56)29-8-9-29/h6,12-13,20-24,29-30H,1,7-11,14-19H2,2-5H3,(H,46,54)(H,47,58)(H,48,50,56)(H,49,51,57)/b13-12-. The fourth-order valence-electron chi connectivity index (χ4n) is 6.90. The van der Waals surface area contributed by atoms with Gasteiger partial charge in [-0.3, -0.25) is 28.8 Å². The van der Waals surface area contributed by atoms with Crippen LogP contribution >= 0.6 is 46.2 Å². The summed E-state index contributed by atoms with van der Waals surface area (Å²) in [7, 11) is 0. The molecular weight excluding hydrogens is 877 g/mol. The zero-order chi connectivity index (χ0) is 44.8. The van der Waals surface area contributed by atoms with Crippen LogP contribution in [0.3, 0.4) is 0 Å². The molecule has 2 aromatic carbocycles. The summed E-state index contributed by atoms with van der Waals surface area (Å²) in [6, 6.07) is 7.69. The van der Waals surface area contributed by atoms with Crippen LogP contribution < -0.4 is 21.3 Å². The molecule has 3 heterocycles. The van der Waals surface area contributed by atoms with Crippen LogP contribution in [-0.2, 0) is 19.2 Å². The molecule has 3 aliphatic rings. The first-order valence-corrected chi connectivity index (χ1v) is 24.1. The molecule has 4 N–H and O–H groups in total. The zero-order valence-electron chi connectivity index (χ0n) is 35.6. The van der Waals surface area contributed by atoms with Crippen LogP contribution in [0.5, 0.6) is 0 Å². The normalized spacial score (nSPS) is 15.2. The second kappa shape index (κ2) is 20.5. The van der Waals surface area contributed by atoms with E-state index in [0.717, 1.165) is 66.1 Å². The average Bonchev–Trinajstić information content (AvgIpc) is 4.19. The van der Waals surface area contributed by atoms with Crippen molar-refractivity contribution in [3.8, 4) is 0 Å². The van der Waals surface area contributed by atoms with Crippen LogP contribution in [0.25, 0.3) is 6.08 Å². The number of benzene rings is 2. The lowest BCUT2D eigenvalue weighted by molar-refractivity contribution is -0.126. The van der Waals surface area contributed by atoms with E-state index in [4.69, 9.17) is 0 Å². The van der Waals surface area contributed by atoms with Gasteiger partial charge in [-0.1, -0.05) is 64.9 Å². The number of amides is 6. The molecule has 0 radical (unpaired) electrons. The number of nitrogens with zero attached hydrogens (tertiary/aromatic N) is 4. The average molecular weight is 927 g/mol. The highest BCUT2D eigenvalue weighted by Crippen LogP contribution is 2.42. The van der Waals surface area contributed by atoms with Crippen LogP contribution in [0.2, 0.25) is 0 Å². The molecule has 2 aromatic heterocycles. The number of carbonyl (C=O) groups is 6. The van der Waals surface area contributed by atoms with Gasteiger partial charge in [0.1, 0.15) is 0 Å². The highest BCUT2D eigenvalue weighted by Gasteiger charge is 2.31. The van der Waals surface area contributed by atoms with Gasteiger partial charge in [0.15, 0.2) is 10.3 Å². The molecule has 1 aliphatic heterocycles. The second-order valence-corrected chi connectivity index (χ2v) is 20.5. The molecular formula is C45H50N8O6S4. The van der Waals surface area contributed by atoms with E-state index in [1.165, 1.54) is 58.3 Å². The van der Waals surface area contributed by atoms with Gasteiger partial charge in [0.2, 0.25) is 23.6 Å². The summed E-state index contributed by atoms with van der Waals surface area (Å²) in [6.07, 6.45) is 10.2. The Hall–Kier alpha value is -5.30. The molecule has 1 saturated heterocycles. The van der Waals surface area contributed by atoms with Crippen molar-refractivity contribution in [2.75, 3.05) is 49.9 Å². The first-order valence-electron chi connectivity index (χ1n) is 20.9. The Kier molecular flexibility index (Phi) is 14.9. The molecule has 3 fully saturated rings. The SMILES string of the molecule is C=CC(=O)N1CCCN(C(=O)c2cc(Sc3sc(NC(=O)C4CC4)nc3/C=C\C(=O)NCCNC(=O)c3cc(Sc4cnc(NC(=O)C5CC5)s4)c(C)cc3C)c(C)cc2C)CC1. The molecule has 6 amide bonds. The van der Waals surface area contributed by atoms with Crippen molar-refractivity contribution in [1.29, 1.82) is 0 Å². The van der Waals surface area contributed by atoms with Crippen molar-refractivity contribution in [2.45, 2.75) is 78.0 Å². The van der Waals surface area contributed by atoms with E-state index < -0.39 is 0 Å². The fraction of sp³-hybridized carbons (Fsp3) is 0.378. The van der Waals surface area contributed by atoms with Crippen molar-refractivity contribution in [3.05, 3.63) is 88.3 Å². The number of aromatic nitrogens is 2. The Bertz CT molecular complexity index is 2490. The number of aryl methyl sites for hydroxylation is 4. The minimum Gasteiger partial charge on any atom is -0.351 e. The summed E-state index contributed by atoms with van der Waals surface area (Å²) in [6.45, 7) is 13.7. The van der Waals surface area contributed by atoms with E-state index in [9.17, 15) is 28.8 Å². The second-order valence-electron chi connectivity index (χ2n) is 15.8. The number of anilines is 2. The van der Waals surface area contributed by atoms with Crippen molar-refractivity contribution in [1.82, 2.24) is 30.4 Å². The van der Waals surface area contributed by atoms with Gasteiger partial charge in [-0.05, 0) is 106 Å². The molecule has 4 aromatic rings. The summed E-state index contributed by atoms with van der Waals surface area (Å²) in [5.41, 5.74) is 5.22. The molecule has 330 valence electrons. The number of nitrogens with one attached hydrogen (secondary N) is 4. The van der Waals surface area contributed by atoms with E-state index in [-0.39, 0.29) is 60.4 Å². The molecule has 0 bridgehead atoms. The Labute approximate surface area is 383 Å². The van der Waals surface area contributed by atoms with Crippen LogP contribution in [0.1, 0.15) is 80.8 Å². The third-order valence-corrected chi connectivity index (χ3v) is 15.3. The molecule has 2 saturated carbocycles. The van der Waals surface area contributed by atoms with E-state index in [1.807, 2.05) is 52.0 Å². The minimum atomic E-state index is -0.385. The zero-order valence-corrected chi connectivity index (χ0v) is 38.9. The molecule has 0 spiro atoms. The maximum Gasteiger partial charge on any atom is 0.254 e. The van der Waals surface area contributed by atoms with Gasteiger partial charge < -0.3 is 31.1 Å². The predicted octanol–water partition coefficient (Wildman–Crippen LogP) is 7.25. The summed E-state index contributed by atoms with van der Waals surface area (Å²) < 4.78 is 1.63. The first-order chi connectivity index (χ1) is 30.3. The molecule has 18 heteroatoms. The fourth-order valence-corrected chi connectivity index (χ4v) is 11.0. The maximum atomic E-state index is 13.9. The largest absolute Gasteiger partial charge is 0.351 e. The van der Waals surface area contributed by atoms with Gasteiger partial charge in [-0.2, -0.15) is 0 Å². The highest BCUT2D eigenvalue weighted by atomic mass is 32.2. The predicted molar refractivity (Wildman–Crippen MR) is 249 cm³/mol. The summed E-state index contributed by atoms with van der Waals surface area (Å²) in [5, 5.41) is 12.5. The number of hydrogen-bond acceptors (Lipinski definition) is 12. The Balaban J connectivity index is 0.968. The van der Waals surface area contributed by atoms with E-state index in [1.54, 1.807) is 22.1 Å². The molecule has 7 rings (SSSR count). The summed E-state index contributed by atoms with van der Waals surface area (Å²) >= 11 is 5.60. The number of hydrogen-bond donors (Lipinski definition) is 4. The number of carbonyl (C=O) groups excluding carboxylic acids is 6. The lowest BCUT2D eigenvalue weighted by Crippen LogP contribution is -2.37. The molecule has 2 aliphatic carbocycles. The van der Waals surface area contributed by atoms with Crippen molar-refractivity contribution < 1.29 is 28.8 Å². The van der Waals surface area contributed by atoms with Crippen LogP contribution in [0.15, 0.2) is 67.4 Å². The Morgan fingerprint density at radius 2 is 1.35 bits per heavy atom. The molecule has 63 heavy (non-hydrogen) atoms. The first kappa shape index (κ1) is 45.7. The quantitative estimate of drug-likeness (QED) is 0.0660. The third-order valence-electron chi connectivity index (χ3n) is 10.8. The molecule has 14 nitrogen and oxygen atoms in total. The topological polar surface area (TPSA) is 183 Å².